The van der Waals surface area contributed by atoms with Crippen molar-refractivity contribution in [2.45, 2.75) is 4.90 Å². The Labute approximate surface area is 129 Å². The Bertz CT molecular complexity index is 743. The summed E-state index contributed by atoms with van der Waals surface area (Å²) in [6.07, 6.45) is 0. The molecule has 0 atom stereocenters. The Balaban J connectivity index is 2.47. The number of benzene rings is 2. The van der Waals surface area contributed by atoms with E-state index in [0.717, 1.165) is 4.31 Å². The second kappa shape index (κ2) is 6.48. The van der Waals surface area contributed by atoms with Gasteiger partial charge in [0, 0.05) is 5.69 Å². The van der Waals surface area contributed by atoms with Crippen LogP contribution < -0.4 is 10.0 Å². The number of hydrogen-bond donors (Lipinski definition) is 1. The van der Waals surface area contributed by atoms with E-state index in [9.17, 15) is 13.2 Å². The van der Waals surface area contributed by atoms with Crippen LogP contribution in [-0.2, 0) is 19.6 Å². The predicted octanol–water partition coefficient (Wildman–Crippen LogP) is 1.64. The van der Waals surface area contributed by atoms with Crippen molar-refractivity contribution in [3.63, 3.8) is 0 Å². The fraction of sp³-hybridized carbons (Fsp3) is 0.133. The number of methoxy groups -OCH3 is 1. The smallest absolute Gasteiger partial charge is 0.326 e. The maximum atomic E-state index is 12.8. The van der Waals surface area contributed by atoms with Gasteiger partial charge < -0.3 is 10.5 Å². The number of nitrogen functional groups attached to an aromatic ring is 1. The Kier molecular flexibility index (Phi) is 4.67. The Hall–Kier alpha value is -2.54. The number of esters is 1. The third-order valence-electron chi connectivity index (χ3n) is 3.01. The number of carbonyl (C=O) groups excluding carboxylic acids is 1. The first-order valence-corrected chi connectivity index (χ1v) is 7.89. The Morgan fingerprint density at radius 2 is 1.68 bits per heavy atom. The second-order valence-electron chi connectivity index (χ2n) is 4.49. The van der Waals surface area contributed by atoms with Gasteiger partial charge in [0.1, 0.15) is 6.54 Å². The molecule has 2 rings (SSSR count). The Morgan fingerprint density at radius 1 is 1.09 bits per heavy atom. The summed E-state index contributed by atoms with van der Waals surface area (Å²) in [6.45, 7) is -0.410. The molecular formula is C15H16N2O4S. The minimum absolute atomic E-state index is 0.0504. The lowest BCUT2D eigenvalue weighted by Gasteiger charge is -2.23. The van der Waals surface area contributed by atoms with E-state index in [-0.39, 0.29) is 4.90 Å². The lowest BCUT2D eigenvalue weighted by atomic mass is 10.3. The van der Waals surface area contributed by atoms with Crippen LogP contribution in [0.15, 0.2) is 59.5 Å². The zero-order chi connectivity index (χ0) is 16.2. The molecule has 0 aromatic heterocycles. The van der Waals surface area contributed by atoms with Crippen LogP contribution in [0.25, 0.3) is 0 Å². The summed E-state index contributed by atoms with van der Waals surface area (Å²) in [7, 11) is -2.69. The van der Waals surface area contributed by atoms with Gasteiger partial charge in [0.25, 0.3) is 10.0 Å². The quantitative estimate of drug-likeness (QED) is 0.668. The number of para-hydroxylation sites is 1. The van der Waals surface area contributed by atoms with Gasteiger partial charge in [-0.3, -0.25) is 9.10 Å². The first-order valence-electron chi connectivity index (χ1n) is 6.45. The van der Waals surface area contributed by atoms with Gasteiger partial charge in [0.2, 0.25) is 0 Å². The highest BCUT2D eigenvalue weighted by Crippen LogP contribution is 2.24. The number of anilines is 2. The molecule has 0 aliphatic heterocycles. The van der Waals surface area contributed by atoms with Gasteiger partial charge in [-0.15, -0.1) is 0 Å². The van der Waals surface area contributed by atoms with Crippen LogP contribution in [0.2, 0.25) is 0 Å². The molecular weight excluding hydrogens is 304 g/mol. The summed E-state index contributed by atoms with van der Waals surface area (Å²) in [5.41, 5.74) is 6.41. The van der Waals surface area contributed by atoms with Crippen LogP contribution >= 0.6 is 0 Å². The number of ether oxygens (including phenoxy) is 1. The third kappa shape index (κ3) is 3.37. The standard InChI is InChI=1S/C15H16N2O4S/c1-21-15(18)11-17(13-5-3-2-4-6-13)22(19,20)14-9-7-12(16)8-10-14/h2-10H,11,16H2,1H3. The molecule has 0 bridgehead atoms. The molecule has 0 radical (unpaired) electrons. The van der Waals surface area contributed by atoms with Crippen LogP contribution in [-0.4, -0.2) is 28.0 Å². The highest BCUT2D eigenvalue weighted by molar-refractivity contribution is 7.92. The van der Waals surface area contributed by atoms with Crippen molar-refractivity contribution >= 4 is 27.4 Å². The van der Waals surface area contributed by atoms with E-state index < -0.39 is 22.5 Å². The summed E-state index contributed by atoms with van der Waals surface area (Å²) in [6, 6.07) is 14.2. The summed E-state index contributed by atoms with van der Waals surface area (Å²) in [5.74, 6) is -0.650. The second-order valence-corrected chi connectivity index (χ2v) is 6.35. The van der Waals surface area contributed by atoms with Crippen molar-refractivity contribution in [2.24, 2.45) is 0 Å². The van der Waals surface area contributed by atoms with Crippen molar-refractivity contribution < 1.29 is 17.9 Å². The monoisotopic (exact) mass is 320 g/mol. The fourth-order valence-corrected chi connectivity index (χ4v) is 3.27. The van der Waals surface area contributed by atoms with Gasteiger partial charge in [-0.25, -0.2) is 8.42 Å². The lowest BCUT2D eigenvalue weighted by molar-refractivity contribution is -0.138. The minimum atomic E-state index is -3.90. The van der Waals surface area contributed by atoms with Gasteiger partial charge in [-0.1, -0.05) is 18.2 Å². The van der Waals surface area contributed by atoms with Crippen molar-refractivity contribution in [3.8, 4) is 0 Å². The molecule has 0 aliphatic rings. The minimum Gasteiger partial charge on any atom is -0.468 e. The normalized spacial score (nSPS) is 11.0. The first-order chi connectivity index (χ1) is 10.4. The molecule has 22 heavy (non-hydrogen) atoms. The van der Waals surface area contributed by atoms with Gasteiger partial charge in [-0.2, -0.15) is 0 Å². The molecule has 116 valence electrons. The maximum absolute atomic E-state index is 12.8. The predicted molar refractivity (Wildman–Crippen MR) is 83.8 cm³/mol. The number of carbonyl (C=O) groups is 1. The van der Waals surface area contributed by atoms with E-state index in [4.69, 9.17) is 5.73 Å². The number of rotatable bonds is 5. The molecule has 2 aromatic carbocycles. The summed E-state index contributed by atoms with van der Waals surface area (Å²) < 4.78 is 31.1. The van der Waals surface area contributed by atoms with Gasteiger partial charge in [0.05, 0.1) is 17.7 Å². The van der Waals surface area contributed by atoms with E-state index in [1.165, 1.54) is 31.4 Å². The average Bonchev–Trinajstić information content (AvgIpc) is 2.53. The fourth-order valence-electron chi connectivity index (χ4n) is 1.86. The van der Waals surface area contributed by atoms with E-state index in [2.05, 4.69) is 4.74 Å². The van der Waals surface area contributed by atoms with Crippen LogP contribution in [0.3, 0.4) is 0 Å². The van der Waals surface area contributed by atoms with Crippen molar-refractivity contribution in [1.29, 1.82) is 0 Å². The van der Waals surface area contributed by atoms with Crippen LogP contribution in [0.5, 0.6) is 0 Å². The average molecular weight is 320 g/mol. The molecule has 0 aliphatic carbocycles. The molecule has 6 nitrogen and oxygen atoms in total. The highest BCUT2D eigenvalue weighted by Gasteiger charge is 2.27. The molecule has 0 spiro atoms. The van der Waals surface area contributed by atoms with Gasteiger partial charge in [-0.05, 0) is 36.4 Å². The molecule has 0 amide bonds. The van der Waals surface area contributed by atoms with Gasteiger partial charge in [0.15, 0.2) is 0 Å². The molecule has 2 N–H and O–H groups in total. The van der Waals surface area contributed by atoms with Crippen LogP contribution in [0.1, 0.15) is 0 Å². The first kappa shape index (κ1) is 15.8. The van der Waals surface area contributed by atoms with Gasteiger partial charge >= 0.3 is 5.97 Å². The molecule has 0 saturated heterocycles. The van der Waals surface area contributed by atoms with Crippen molar-refractivity contribution in [3.05, 3.63) is 54.6 Å². The summed E-state index contributed by atoms with van der Waals surface area (Å²) in [5, 5.41) is 0. The number of nitrogens with zero attached hydrogens (tertiary/aromatic N) is 1. The molecule has 0 saturated carbocycles. The Morgan fingerprint density at radius 3 is 2.23 bits per heavy atom. The molecule has 0 fully saturated rings. The summed E-state index contributed by atoms with van der Waals surface area (Å²) >= 11 is 0. The lowest BCUT2D eigenvalue weighted by Crippen LogP contribution is -2.36. The summed E-state index contributed by atoms with van der Waals surface area (Å²) in [4.78, 5) is 11.6. The number of sulfonamides is 1. The zero-order valence-electron chi connectivity index (χ0n) is 12.0. The molecule has 0 heterocycles. The zero-order valence-corrected chi connectivity index (χ0v) is 12.8. The molecule has 0 unspecified atom stereocenters. The largest absolute Gasteiger partial charge is 0.468 e. The SMILES string of the molecule is COC(=O)CN(c1ccccc1)S(=O)(=O)c1ccc(N)cc1. The van der Waals surface area contributed by atoms with Crippen molar-refractivity contribution in [1.82, 2.24) is 0 Å². The highest BCUT2D eigenvalue weighted by atomic mass is 32.2. The van der Waals surface area contributed by atoms with E-state index in [0.29, 0.717) is 11.4 Å². The van der Waals surface area contributed by atoms with Crippen LogP contribution in [0.4, 0.5) is 11.4 Å². The maximum Gasteiger partial charge on any atom is 0.326 e. The van der Waals surface area contributed by atoms with Crippen LogP contribution in [0, 0.1) is 0 Å². The number of hydrogen-bond acceptors (Lipinski definition) is 5. The van der Waals surface area contributed by atoms with Crippen molar-refractivity contribution in [2.75, 3.05) is 23.7 Å². The van der Waals surface area contributed by atoms with E-state index in [1.54, 1.807) is 30.3 Å². The topological polar surface area (TPSA) is 89.7 Å². The molecule has 2 aromatic rings. The number of nitrogens with two attached hydrogens (primary N) is 1. The molecule has 7 heteroatoms. The van der Waals surface area contributed by atoms with E-state index >= 15 is 0 Å². The third-order valence-corrected chi connectivity index (χ3v) is 4.80. The van der Waals surface area contributed by atoms with E-state index in [1.807, 2.05) is 0 Å².